The summed E-state index contributed by atoms with van der Waals surface area (Å²) in [6.07, 6.45) is 0.813. The Morgan fingerprint density at radius 2 is 1.79 bits per heavy atom. The maximum absolute atomic E-state index is 13.4. The predicted molar refractivity (Wildman–Crippen MR) is 43.0 cm³/mol. The zero-order valence-corrected chi connectivity index (χ0v) is 7.24. The third kappa shape index (κ3) is 1.49. The van der Waals surface area contributed by atoms with E-state index in [1.807, 2.05) is 0 Å². The standard InChI is InChI=1S/C10H8F4/c11-7-3-4-8(9(12)5-7)10(13,14)6-1-2-6/h3-6H,1-2H2. The molecule has 1 saturated carbocycles. The fourth-order valence-electron chi connectivity index (χ4n) is 1.43. The fraction of sp³-hybridized carbons (Fsp3) is 0.400. The van der Waals surface area contributed by atoms with Crippen molar-refractivity contribution in [3.63, 3.8) is 0 Å². The second-order valence-electron chi connectivity index (χ2n) is 3.52. The minimum Gasteiger partial charge on any atom is -0.207 e. The maximum Gasteiger partial charge on any atom is 0.278 e. The van der Waals surface area contributed by atoms with Gasteiger partial charge in [0.05, 0.1) is 5.56 Å². The van der Waals surface area contributed by atoms with Gasteiger partial charge in [0.2, 0.25) is 0 Å². The summed E-state index contributed by atoms with van der Waals surface area (Å²) in [5, 5.41) is 0. The topological polar surface area (TPSA) is 0 Å². The Kier molecular flexibility index (Phi) is 2.01. The quantitative estimate of drug-likeness (QED) is 0.647. The monoisotopic (exact) mass is 204 g/mol. The highest BCUT2D eigenvalue weighted by atomic mass is 19.3. The lowest BCUT2D eigenvalue weighted by molar-refractivity contribution is -0.0318. The molecule has 1 aliphatic rings. The van der Waals surface area contributed by atoms with Gasteiger partial charge >= 0.3 is 0 Å². The Balaban J connectivity index is 2.40. The molecule has 0 aromatic heterocycles. The second-order valence-corrected chi connectivity index (χ2v) is 3.52. The summed E-state index contributed by atoms with van der Waals surface area (Å²) < 4.78 is 52.2. The van der Waals surface area contributed by atoms with Crippen LogP contribution in [0.4, 0.5) is 17.6 Å². The number of alkyl halides is 2. The number of hydrogen-bond acceptors (Lipinski definition) is 0. The van der Waals surface area contributed by atoms with Crippen molar-refractivity contribution < 1.29 is 17.6 Å². The van der Waals surface area contributed by atoms with Gasteiger partial charge in [-0.05, 0) is 25.0 Å². The number of benzene rings is 1. The average molecular weight is 204 g/mol. The summed E-state index contributed by atoms with van der Waals surface area (Å²) >= 11 is 0. The van der Waals surface area contributed by atoms with Crippen molar-refractivity contribution in [2.45, 2.75) is 18.8 Å². The van der Waals surface area contributed by atoms with E-state index in [2.05, 4.69) is 0 Å². The van der Waals surface area contributed by atoms with E-state index in [-0.39, 0.29) is 0 Å². The average Bonchev–Trinajstić information content (AvgIpc) is 2.84. The molecule has 0 radical (unpaired) electrons. The minimum atomic E-state index is -3.15. The van der Waals surface area contributed by atoms with Crippen LogP contribution in [-0.4, -0.2) is 0 Å². The molecule has 0 spiro atoms. The lowest BCUT2D eigenvalue weighted by atomic mass is 10.0. The van der Waals surface area contributed by atoms with Crippen LogP contribution in [0.25, 0.3) is 0 Å². The van der Waals surface area contributed by atoms with Crippen LogP contribution in [0.1, 0.15) is 18.4 Å². The van der Waals surface area contributed by atoms with E-state index in [0.717, 1.165) is 12.1 Å². The van der Waals surface area contributed by atoms with Crippen LogP contribution >= 0.6 is 0 Å². The molecule has 0 amide bonds. The van der Waals surface area contributed by atoms with Gasteiger partial charge in [0, 0.05) is 12.0 Å². The molecule has 4 heteroatoms. The molecule has 0 atom stereocenters. The first-order valence-electron chi connectivity index (χ1n) is 4.35. The van der Waals surface area contributed by atoms with Crippen LogP contribution in [0.5, 0.6) is 0 Å². The fourth-order valence-corrected chi connectivity index (χ4v) is 1.43. The van der Waals surface area contributed by atoms with E-state index in [1.54, 1.807) is 0 Å². The van der Waals surface area contributed by atoms with Gasteiger partial charge in [0.1, 0.15) is 11.6 Å². The molecule has 0 unspecified atom stereocenters. The summed E-state index contributed by atoms with van der Waals surface area (Å²) in [6.45, 7) is 0. The number of halogens is 4. The largest absolute Gasteiger partial charge is 0.278 e. The molecular formula is C10H8F4. The SMILES string of the molecule is Fc1ccc(C(F)(F)C2CC2)c(F)c1. The smallest absolute Gasteiger partial charge is 0.207 e. The van der Waals surface area contributed by atoms with Crippen LogP contribution in [0.15, 0.2) is 18.2 Å². The van der Waals surface area contributed by atoms with E-state index in [9.17, 15) is 17.6 Å². The van der Waals surface area contributed by atoms with Gasteiger partial charge in [-0.1, -0.05) is 0 Å². The highest BCUT2D eigenvalue weighted by Crippen LogP contribution is 2.50. The molecule has 1 aliphatic carbocycles. The Bertz CT molecular complexity index is 355. The van der Waals surface area contributed by atoms with E-state index >= 15 is 0 Å². The summed E-state index contributed by atoms with van der Waals surface area (Å²) in [5.74, 6) is -5.93. The van der Waals surface area contributed by atoms with Crippen molar-refractivity contribution in [3.05, 3.63) is 35.4 Å². The summed E-state index contributed by atoms with van der Waals surface area (Å²) in [5.41, 5.74) is -0.693. The Labute approximate surface area is 78.5 Å². The lowest BCUT2D eigenvalue weighted by Crippen LogP contribution is -2.18. The van der Waals surface area contributed by atoms with Gasteiger partial charge in [-0.25, -0.2) is 17.6 Å². The third-order valence-electron chi connectivity index (χ3n) is 2.38. The Morgan fingerprint density at radius 1 is 1.14 bits per heavy atom. The number of rotatable bonds is 2. The van der Waals surface area contributed by atoms with Crippen LogP contribution in [-0.2, 0) is 5.92 Å². The van der Waals surface area contributed by atoms with Crippen molar-refractivity contribution in [1.29, 1.82) is 0 Å². The van der Waals surface area contributed by atoms with Crippen LogP contribution < -0.4 is 0 Å². The van der Waals surface area contributed by atoms with E-state index in [4.69, 9.17) is 0 Å². The predicted octanol–water partition coefficient (Wildman–Crippen LogP) is 3.47. The second kappa shape index (κ2) is 2.97. The molecule has 14 heavy (non-hydrogen) atoms. The van der Waals surface area contributed by atoms with E-state index in [1.165, 1.54) is 0 Å². The molecule has 76 valence electrons. The van der Waals surface area contributed by atoms with Gasteiger partial charge in [-0.2, -0.15) is 0 Å². The van der Waals surface area contributed by atoms with Crippen molar-refractivity contribution >= 4 is 0 Å². The molecule has 0 bridgehead atoms. The van der Waals surface area contributed by atoms with Crippen molar-refractivity contribution in [2.24, 2.45) is 5.92 Å². The molecule has 1 aromatic carbocycles. The maximum atomic E-state index is 13.4. The molecule has 0 aliphatic heterocycles. The van der Waals surface area contributed by atoms with Gasteiger partial charge < -0.3 is 0 Å². The van der Waals surface area contributed by atoms with Crippen molar-refractivity contribution in [2.75, 3.05) is 0 Å². The molecule has 0 N–H and O–H groups in total. The Hall–Kier alpha value is -1.06. The molecule has 0 saturated heterocycles. The van der Waals surface area contributed by atoms with Crippen molar-refractivity contribution in [3.8, 4) is 0 Å². The van der Waals surface area contributed by atoms with E-state index in [0.29, 0.717) is 18.9 Å². The van der Waals surface area contributed by atoms with Crippen LogP contribution in [0.2, 0.25) is 0 Å². The highest BCUT2D eigenvalue weighted by Gasteiger charge is 2.49. The first kappa shape index (κ1) is 9.49. The summed E-state index contributed by atoms with van der Waals surface area (Å²) in [6, 6.07) is 2.17. The molecule has 1 fully saturated rings. The third-order valence-corrected chi connectivity index (χ3v) is 2.38. The summed E-state index contributed by atoms with van der Waals surface area (Å²) in [4.78, 5) is 0. The molecule has 0 heterocycles. The van der Waals surface area contributed by atoms with Gasteiger partial charge in [0.15, 0.2) is 0 Å². The molecule has 1 aromatic rings. The molecule has 0 nitrogen and oxygen atoms in total. The number of hydrogen-bond donors (Lipinski definition) is 0. The minimum absolute atomic E-state index is 0.407. The molecule has 2 rings (SSSR count). The normalized spacial score (nSPS) is 17.1. The first-order valence-corrected chi connectivity index (χ1v) is 4.35. The van der Waals surface area contributed by atoms with Crippen LogP contribution in [0.3, 0.4) is 0 Å². The van der Waals surface area contributed by atoms with Gasteiger partial charge in [-0.3, -0.25) is 0 Å². The van der Waals surface area contributed by atoms with Gasteiger partial charge in [0.25, 0.3) is 5.92 Å². The zero-order valence-electron chi connectivity index (χ0n) is 7.24. The van der Waals surface area contributed by atoms with Gasteiger partial charge in [-0.15, -0.1) is 0 Å². The van der Waals surface area contributed by atoms with Crippen LogP contribution in [0, 0.1) is 17.6 Å². The van der Waals surface area contributed by atoms with Crippen molar-refractivity contribution in [1.82, 2.24) is 0 Å². The summed E-state index contributed by atoms with van der Waals surface area (Å²) in [7, 11) is 0. The lowest BCUT2D eigenvalue weighted by Gasteiger charge is -2.16. The molecular weight excluding hydrogens is 196 g/mol. The Morgan fingerprint density at radius 3 is 2.29 bits per heavy atom. The first-order chi connectivity index (χ1) is 6.51. The zero-order chi connectivity index (χ0) is 10.3. The van der Waals surface area contributed by atoms with E-state index < -0.39 is 29.0 Å². The highest BCUT2D eigenvalue weighted by molar-refractivity contribution is 5.25.